The van der Waals surface area contributed by atoms with Crippen LogP contribution in [0.15, 0.2) is 12.2 Å². The zero-order valence-corrected chi connectivity index (χ0v) is 7.32. The number of hydrogen-bond acceptors (Lipinski definition) is 3. The van der Waals surface area contributed by atoms with Crippen LogP contribution in [0.5, 0.6) is 0 Å². The minimum Gasteiger partial charge on any atom is -0.466 e. The third-order valence-corrected chi connectivity index (χ3v) is 2.00. The van der Waals surface area contributed by atoms with E-state index in [2.05, 4.69) is 6.08 Å². The molecule has 68 valence electrons. The van der Waals surface area contributed by atoms with Gasteiger partial charge in [-0.25, -0.2) is 0 Å². The molecule has 0 spiro atoms. The third-order valence-electron chi connectivity index (χ3n) is 2.00. The molecule has 1 aliphatic carbocycles. The van der Waals surface area contributed by atoms with Gasteiger partial charge in [-0.05, 0) is 18.8 Å². The summed E-state index contributed by atoms with van der Waals surface area (Å²) < 4.78 is 4.83. The maximum Gasteiger partial charge on any atom is 0.302 e. The van der Waals surface area contributed by atoms with E-state index in [-0.39, 0.29) is 12.0 Å². The molecular formula is C9H15NO2. The Labute approximate surface area is 72.6 Å². The highest BCUT2D eigenvalue weighted by molar-refractivity contribution is 5.65. The van der Waals surface area contributed by atoms with Crippen molar-refractivity contribution in [3.63, 3.8) is 0 Å². The number of allylic oxidation sites excluding steroid dienone is 1. The smallest absolute Gasteiger partial charge is 0.302 e. The molecule has 0 aromatic heterocycles. The molecule has 0 saturated carbocycles. The lowest BCUT2D eigenvalue weighted by Gasteiger charge is -2.08. The minimum absolute atomic E-state index is 0.201. The van der Waals surface area contributed by atoms with Gasteiger partial charge in [0.05, 0.1) is 6.61 Å². The summed E-state index contributed by atoms with van der Waals surface area (Å²) in [6.07, 6.45) is 6.00. The number of rotatable bonds is 3. The van der Waals surface area contributed by atoms with E-state index in [0.717, 1.165) is 12.8 Å². The standard InChI is InChI=1S/C9H15NO2/c1-7(11)12-5-4-8-2-3-9(10)6-8/h2-3,8-9H,4-6,10H2,1H3. The van der Waals surface area contributed by atoms with Crippen LogP contribution in [-0.4, -0.2) is 18.6 Å². The highest BCUT2D eigenvalue weighted by atomic mass is 16.5. The first-order chi connectivity index (χ1) is 5.68. The minimum atomic E-state index is -0.207. The molecule has 0 aliphatic heterocycles. The lowest BCUT2D eigenvalue weighted by molar-refractivity contribution is -0.141. The molecule has 2 unspecified atom stereocenters. The molecule has 3 nitrogen and oxygen atoms in total. The molecule has 3 heteroatoms. The second-order valence-electron chi connectivity index (χ2n) is 3.17. The number of ether oxygens (including phenoxy) is 1. The Bertz CT molecular complexity index is 189. The van der Waals surface area contributed by atoms with Crippen molar-refractivity contribution >= 4 is 5.97 Å². The molecule has 2 N–H and O–H groups in total. The Balaban J connectivity index is 2.09. The summed E-state index contributed by atoms with van der Waals surface area (Å²) in [5.41, 5.74) is 5.66. The van der Waals surface area contributed by atoms with Gasteiger partial charge in [-0.15, -0.1) is 0 Å². The van der Waals surface area contributed by atoms with Gasteiger partial charge >= 0.3 is 5.97 Å². The van der Waals surface area contributed by atoms with E-state index < -0.39 is 0 Å². The predicted octanol–water partition coefficient (Wildman–Crippen LogP) is 0.843. The van der Waals surface area contributed by atoms with Gasteiger partial charge in [0.2, 0.25) is 0 Å². The van der Waals surface area contributed by atoms with Crippen molar-refractivity contribution in [3.8, 4) is 0 Å². The van der Waals surface area contributed by atoms with Crippen LogP contribution in [0.25, 0.3) is 0 Å². The van der Waals surface area contributed by atoms with Gasteiger partial charge in [-0.3, -0.25) is 4.79 Å². The van der Waals surface area contributed by atoms with E-state index in [9.17, 15) is 4.79 Å². The second-order valence-corrected chi connectivity index (χ2v) is 3.17. The molecule has 1 aliphatic rings. The first kappa shape index (κ1) is 9.26. The maximum absolute atomic E-state index is 10.4. The Morgan fingerprint density at radius 2 is 2.42 bits per heavy atom. The van der Waals surface area contributed by atoms with Crippen LogP contribution in [0.2, 0.25) is 0 Å². The maximum atomic E-state index is 10.4. The number of esters is 1. The molecule has 0 aromatic rings. The van der Waals surface area contributed by atoms with E-state index in [1.54, 1.807) is 0 Å². The Morgan fingerprint density at radius 3 is 2.92 bits per heavy atom. The summed E-state index contributed by atoms with van der Waals surface area (Å²) in [4.78, 5) is 10.4. The van der Waals surface area contributed by atoms with E-state index in [4.69, 9.17) is 10.5 Å². The van der Waals surface area contributed by atoms with E-state index in [1.165, 1.54) is 6.92 Å². The fourth-order valence-corrected chi connectivity index (χ4v) is 1.37. The zero-order valence-electron chi connectivity index (χ0n) is 7.32. The van der Waals surface area contributed by atoms with Gasteiger partial charge in [-0.2, -0.15) is 0 Å². The molecule has 0 fully saturated rings. The van der Waals surface area contributed by atoms with E-state index in [1.807, 2.05) is 6.08 Å². The monoisotopic (exact) mass is 169 g/mol. The predicted molar refractivity (Wildman–Crippen MR) is 46.5 cm³/mol. The topological polar surface area (TPSA) is 52.3 Å². The van der Waals surface area contributed by atoms with E-state index in [0.29, 0.717) is 12.5 Å². The van der Waals surface area contributed by atoms with Crippen molar-refractivity contribution in [2.45, 2.75) is 25.8 Å². The zero-order chi connectivity index (χ0) is 8.97. The Hall–Kier alpha value is -0.830. The fraction of sp³-hybridized carbons (Fsp3) is 0.667. The highest BCUT2D eigenvalue weighted by Gasteiger charge is 2.15. The van der Waals surface area contributed by atoms with Gasteiger partial charge in [0.15, 0.2) is 0 Å². The van der Waals surface area contributed by atoms with Crippen molar-refractivity contribution in [1.29, 1.82) is 0 Å². The van der Waals surface area contributed by atoms with Gasteiger partial charge < -0.3 is 10.5 Å². The fourth-order valence-electron chi connectivity index (χ4n) is 1.37. The van der Waals surface area contributed by atoms with Crippen LogP contribution in [0.4, 0.5) is 0 Å². The van der Waals surface area contributed by atoms with Crippen molar-refractivity contribution in [2.75, 3.05) is 6.61 Å². The molecular weight excluding hydrogens is 154 g/mol. The lowest BCUT2D eigenvalue weighted by atomic mass is 10.1. The summed E-state index contributed by atoms with van der Waals surface area (Å²) in [6.45, 7) is 1.94. The van der Waals surface area contributed by atoms with Crippen LogP contribution < -0.4 is 5.73 Å². The van der Waals surface area contributed by atoms with Crippen LogP contribution in [0.1, 0.15) is 19.8 Å². The van der Waals surface area contributed by atoms with Crippen LogP contribution >= 0.6 is 0 Å². The largest absolute Gasteiger partial charge is 0.466 e. The van der Waals surface area contributed by atoms with Gasteiger partial charge in [0.1, 0.15) is 0 Å². The quantitative estimate of drug-likeness (QED) is 0.503. The summed E-state index contributed by atoms with van der Waals surface area (Å²) in [6, 6.07) is 0.201. The first-order valence-electron chi connectivity index (χ1n) is 4.26. The summed E-state index contributed by atoms with van der Waals surface area (Å²) in [5, 5.41) is 0. The molecule has 0 amide bonds. The summed E-state index contributed by atoms with van der Waals surface area (Å²) >= 11 is 0. The molecule has 2 atom stereocenters. The van der Waals surface area contributed by atoms with Gasteiger partial charge in [-0.1, -0.05) is 12.2 Å². The van der Waals surface area contributed by atoms with E-state index >= 15 is 0 Å². The van der Waals surface area contributed by atoms with Crippen molar-refractivity contribution in [1.82, 2.24) is 0 Å². The number of carbonyl (C=O) groups is 1. The third kappa shape index (κ3) is 3.05. The van der Waals surface area contributed by atoms with Gasteiger partial charge in [0, 0.05) is 13.0 Å². The molecule has 0 heterocycles. The van der Waals surface area contributed by atoms with Crippen molar-refractivity contribution < 1.29 is 9.53 Å². The Morgan fingerprint density at radius 1 is 1.67 bits per heavy atom. The van der Waals surface area contributed by atoms with Crippen molar-refractivity contribution in [2.24, 2.45) is 11.7 Å². The average molecular weight is 169 g/mol. The lowest BCUT2D eigenvalue weighted by Crippen LogP contribution is -2.15. The molecule has 0 bridgehead atoms. The normalized spacial score (nSPS) is 27.5. The summed E-state index contributed by atoms with van der Waals surface area (Å²) in [5.74, 6) is 0.292. The van der Waals surface area contributed by atoms with Crippen LogP contribution in [0.3, 0.4) is 0 Å². The van der Waals surface area contributed by atoms with Crippen LogP contribution in [0, 0.1) is 5.92 Å². The number of carbonyl (C=O) groups excluding carboxylic acids is 1. The molecule has 1 rings (SSSR count). The first-order valence-corrected chi connectivity index (χ1v) is 4.26. The number of hydrogen-bond donors (Lipinski definition) is 1. The van der Waals surface area contributed by atoms with Gasteiger partial charge in [0.25, 0.3) is 0 Å². The molecule has 12 heavy (non-hydrogen) atoms. The van der Waals surface area contributed by atoms with Crippen molar-refractivity contribution in [3.05, 3.63) is 12.2 Å². The SMILES string of the molecule is CC(=O)OCCC1C=CC(N)C1. The van der Waals surface area contributed by atoms with Crippen LogP contribution in [-0.2, 0) is 9.53 Å². The highest BCUT2D eigenvalue weighted by Crippen LogP contribution is 2.19. The second kappa shape index (κ2) is 4.26. The number of nitrogens with two attached hydrogens (primary N) is 1. The average Bonchev–Trinajstić information content (AvgIpc) is 2.35. The molecule has 0 saturated heterocycles. The Kier molecular flexibility index (Phi) is 3.29. The summed E-state index contributed by atoms with van der Waals surface area (Å²) in [7, 11) is 0. The molecule has 0 aromatic carbocycles. The molecule has 0 radical (unpaired) electrons.